The largest absolute Gasteiger partial charge is 0.477 e. The molecule has 2 heterocycles. The second kappa shape index (κ2) is 6.54. The van der Waals surface area contributed by atoms with Gasteiger partial charge in [0.15, 0.2) is 0 Å². The average molecular weight is 305 g/mol. The summed E-state index contributed by atoms with van der Waals surface area (Å²) in [7, 11) is 0. The first-order chi connectivity index (χ1) is 9.85. The number of nitrogens with two attached hydrogens (primary N) is 1. The molecule has 4 nitrogen and oxygen atoms in total. The Morgan fingerprint density at radius 2 is 2.00 bits per heavy atom. The first kappa shape index (κ1) is 15.9. The molecule has 0 unspecified atom stereocenters. The monoisotopic (exact) mass is 305 g/mol. The highest BCUT2D eigenvalue weighted by Crippen LogP contribution is 2.31. The Hall–Kier alpha value is -1.46. The quantitative estimate of drug-likeness (QED) is 0.885. The molecule has 0 bridgehead atoms. The van der Waals surface area contributed by atoms with Gasteiger partial charge in [0.25, 0.3) is 0 Å². The second-order valence-electron chi connectivity index (χ2n) is 6.23. The summed E-state index contributed by atoms with van der Waals surface area (Å²) in [5.41, 5.74) is 6.95. The molecule has 5 heteroatoms. The fourth-order valence-electron chi connectivity index (χ4n) is 2.31. The maximum Gasteiger partial charge on any atom is 0.228 e. The van der Waals surface area contributed by atoms with E-state index in [2.05, 4.69) is 16.9 Å². The average Bonchev–Trinajstić information content (AvgIpc) is 2.77. The molecule has 2 rings (SSSR count). The Morgan fingerprint density at radius 3 is 2.62 bits per heavy atom. The second-order valence-corrected chi connectivity index (χ2v) is 7.43. The molecule has 0 saturated carbocycles. The van der Waals surface area contributed by atoms with E-state index in [-0.39, 0.29) is 5.54 Å². The van der Waals surface area contributed by atoms with E-state index in [0.717, 1.165) is 27.7 Å². The molecule has 2 aromatic heterocycles. The minimum atomic E-state index is -0.165. The molecule has 0 spiro atoms. The molecular formula is C16H23N3OS. The fourth-order valence-corrected chi connectivity index (χ4v) is 3.18. The minimum absolute atomic E-state index is 0.165. The van der Waals surface area contributed by atoms with Crippen molar-refractivity contribution in [1.29, 1.82) is 0 Å². The van der Waals surface area contributed by atoms with Crippen molar-refractivity contribution in [3.05, 3.63) is 29.4 Å². The van der Waals surface area contributed by atoms with E-state index in [1.165, 1.54) is 0 Å². The number of hydrogen-bond donors (Lipinski definition) is 1. The molecule has 2 aromatic rings. The van der Waals surface area contributed by atoms with Gasteiger partial charge in [0.1, 0.15) is 5.01 Å². The van der Waals surface area contributed by atoms with Gasteiger partial charge in [0.2, 0.25) is 5.88 Å². The van der Waals surface area contributed by atoms with Crippen molar-refractivity contribution in [3.8, 4) is 16.5 Å². The van der Waals surface area contributed by atoms with Crippen molar-refractivity contribution in [1.82, 2.24) is 9.97 Å². The van der Waals surface area contributed by atoms with Crippen molar-refractivity contribution in [2.24, 2.45) is 11.7 Å². The molecular weight excluding hydrogens is 282 g/mol. The van der Waals surface area contributed by atoms with E-state index in [9.17, 15) is 0 Å². The Bertz CT molecular complexity index is 575. The van der Waals surface area contributed by atoms with Crippen LogP contribution in [-0.2, 0) is 0 Å². The van der Waals surface area contributed by atoms with E-state index in [0.29, 0.717) is 12.5 Å². The first-order valence-electron chi connectivity index (χ1n) is 7.14. The number of aryl methyl sites for hydroxylation is 1. The summed E-state index contributed by atoms with van der Waals surface area (Å²) in [4.78, 5) is 9.71. The maximum atomic E-state index is 6.04. The lowest BCUT2D eigenvalue weighted by atomic mass is 9.93. The number of ether oxygens (including phenoxy) is 1. The number of hydrogen-bond acceptors (Lipinski definition) is 5. The van der Waals surface area contributed by atoms with E-state index in [4.69, 9.17) is 10.5 Å². The van der Waals surface area contributed by atoms with Crippen molar-refractivity contribution >= 4 is 11.3 Å². The zero-order valence-electron chi connectivity index (χ0n) is 13.1. The summed E-state index contributed by atoms with van der Waals surface area (Å²) in [6.45, 7) is 8.91. The lowest BCUT2D eigenvalue weighted by Crippen LogP contribution is -2.35. The van der Waals surface area contributed by atoms with Crippen LogP contribution in [0.4, 0.5) is 0 Å². The molecule has 114 valence electrons. The third-order valence-corrected chi connectivity index (χ3v) is 4.06. The molecule has 0 aliphatic heterocycles. The molecule has 0 aromatic carbocycles. The Morgan fingerprint density at radius 1 is 1.33 bits per heavy atom. The Balaban J connectivity index is 2.00. The zero-order chi connectivity index (χ0) is 15.5. The topological polar surface area (TPSA) is 61.0 Å². The van der Waals surface area contributed by atoms with E-state index in [1.54, 1.807) is 23.7 Å². The summed E-state index contributed by atoms with van der Waals surface area (Å²) in [6.07, 6.45) is 4.48. The van der Waals surface area contributed by atoms with Gasteiger partial charge in [0, 0.05) is 23.5 Å². The maximum absolute atomic E-state index is 6.04. The van der Waals surface area contributed by atoms with Crippen LogP contribution in [0.15, 0.2) is 24.5 Å². The number of aromatic nitrogens is 2. The summed E-state index contributed by atoms with van der Waals surface area (Å²) < 4.78 is 5.87. The van der Waals surface area contributed by atoms with Crippen molar-refractivity contribution < 1.29 is 4.74 Å². The molecule has 2 N–H and O–H groups in total. The van der Waals surface area contributed by atoms with Crippen LogP contribution in [0.25, 0.3) is 10.6 Å². The van der Waals surface area contributed by atoms with Gasteiger partial charge in [-0.3, -0.25) is 4.98 Å². The normalized spacial score (nSPS) is 13.2. The molecule has 0 aliphatic carbocycles. The van der Waals surface area contributed by atoms with Gasteiger partial charge in [-0.2, -0.15) is 0 Å². The smallest absolute Gasteiger partial charge is 0.228 e. The predicted molar refractivity (Wildman–Crippen MR) is 87.6 cm³/mol. The summed E-state index contributed by atoms with van der Waals surface area (Å²) in [5.74, 6) is 1.13. The van der Waals surface area contributed by atoms with E-state index >= 15 is 0 Å². The van der Waals surface area contributed by atoms with Gasteiger partial charge in [0.05, 0.1) is 11.5 Å². The highest BCUT2D eigenvalue weighted by atomic mass is 32.1. The molecule has 0 saturated heterocycles. The lowest BCUT2D eigenvalue weighted by molar-refractivity contribution is 0.223. The van der Waals surface area contributed by atoms with Crippen molar-refractivity contribution in [2.45, 2.75) is 39.7 Å². The minimum Gasteiger partial charge on any atom is -0.477 e. The molecule has 0 radical (unpaired) electrons. The summed E-state index contributed by atoms with van der Waals surface area (Å²) >= 11 is 1.64. The fraction of sp³-hybridized carbons (Fsp3) is 0.500. The van der Waals surface area contributed by atoms with Crippen LogP contribution in [0.2, 0.25) is 0 Å². The van der Waals surface area contributed by atoms with Gasteiger partial charge < -0.3 is 10.5 Å². The van der Waals surface area contributed by atoms with Crippen LogP contribution in [-0.4, -0.2) is 22.1 Å². The third kappa shape index (κ3) is 4.79. The third-order valence-electron chi connectivity index (χ3n) is 3.06. The van der Waals surface area contributed by atoms with Crippen LogP contribution >= 0.6 is 11.3 Å². The number of rotatable bonds is 6. The van der Waals surface area contributed by atoms with Crippen LogP contribution < -0.4 is 10.5 Å². The number of pyridine rings is 1. The van der Waals surface area contributed by atoms with Gasteiger partial charge in [-0.05, 0) is 45.2 Å². The van der Waals surface area contributed by atoms with Gasteiger partial charge in [-0.1, -0.05) is 6.92 Å². The molecule has 21 heavy (non-hydrogen) atoms. The summed E-state index contributed by atoms with van der Waals surface area (Å²) in [6, 6.07) is 3.92. The van der Waals surface area contributed by atoms with E-state index < -0.39 is 0 Å². The Kier molecular flexibility index (Phi) is 4.96. The van der Waals surface area contributed by atoms with Crippen LogP contribution in [0.1, 0.15) is 32.1 Å². The molecule has 1 atom stereocenters. The molecule has 0 amide bonds. The van der Waals surface area contributed by atoms with Crippen molar-refractivity contribution in [3.63, 3.8) is 0 Å². The van der Waals surface area contributed by atoms with Crippen molar-refractivity contribution in [2.75, 3.05) is 6.61 Å². The summed E-state index contributed by atoms with van der Waals surface area (Å²) in [5, 5.41) is 0.969. The first-order valence-corrected chi connectivity index (χ1v) is 7.96. The lowest BCUT2D eigenvalue weighted by Gasteiger charge is -2.23. The van der Waals surface area contributed by atoms with Gasteiger partial charge >= 0.3 is 0 Å². The highest BCUT2D eigenvalue weighted by Gasteiger charge is 2.17. The number of thiazole rings is 1. The van der Waals surface area contributed by atoms with Gasteiger partial charge in [-0.15, -0.1) is 11.3 Å². The van der Waals surface area contributed by atoms with Gasteiger partial charge in [-0.25, -0.2) is 4.98 Å². The predicted octanol–water partition coefficient (Wildman–Crippen LogP) is 3.66. The van der Waals surface area contributed by atoms with Crippen LogP contribution in [0.3, 0.4) is 0 Å². The highest BCUT2D eigenvalue weighted by molar-refractivity contribution is 7.15. The molecule has 0 aliphatic rings. The zero-order valence-corrected chi connectivity index (χ0v) is 13.9. The molecule has 0 fully saturated rings. The van der Waals surface area contributed by atoms with E-state index in [1.807, 2.05) is 32.9 Å². The Labute approximate surface area is 130 Å². The number of nitrogens with zero attached hydrogens (tertiary/aromatic N) is 2. The standard InChI is InChI=1S/C16H23N3OS/c1-11(9-16(3,4)17)10-20-14-12(2)21-15(19-14)13-5-7-18-8-6-13/h5-8,11H,9-10,17H2,1-4H3/t11-/m0/s1. The van der Waals surface area contributed by atoms with Crippen LogP contribution in [0, 0.1) is 12.8 Å². The SMILES string of the molecule is Cc1sc(-c2ccncc2)nc1OC[C@@H](C)CC(C)(C)N. The van der Waals surface area contributed by atoms with Crippen LogP contribution in [0.5, 0.6) is 5.88 Å².